The SMILES string of the molecule is CC[C@@H](C)NC(=O)[C@@H](C)NC(=O)CCCOc1ccc(C(C)(C)C)cc1. The molecule has 0 aliphatic heterocycles. The third-order valence-electron chi connectivity index (χ3n) is 4.31. The molecular weight excluding hydrogens is 328 g/mol. The predicted molar refractivity (Wildman–Crippen MR) is 105 cm³/mol. The second-order valence-electron chi connectivity index (χ2n) is 7.83. The summed E-state index contributed by atoms with van der Waals surface area (Å²) < 4.78 is 5.68. The van der Waals surface area contributed by atoms with Gasteiger partial charge in [0, 0.05) is 12.5 Å². The Labute approximate surface area is 157 Å². The van der Waals surface area contributed by atoms with Crippen LogP contribution in [0, 0.1) is 0 Å². The lowest BCUT2D eigenvalue weighted by Crippen LogP contribution is -2.47. The van der Waals surface area contributed by atoms with Crippen molar-refractivity contribution in [3.63, 3.8) is 0 Å². The average Bonchev–Trinajstić information content (AvgIpc) is 2.58. The fourth-order valence-electron chi connectivity index (χ4n) is 2.32. The monoisotopic (exact) mass is 362 g/mol. The van der Waals surface area contributed by atoms with Crippen molar-refractivity contribution in [3.8, 4) is 5.75 Å². The predicted octanol–water partition coefficient (Wildman–Crippen LogP) is 3.56. The van der Waals surface area contributed by atoms with Crippen molar-refractivity contribution >= 4 is 11.8 Å². The van der Waals surface area contributed by atoms with Gasteiger partial charge >= 0.3 is 0 Å². The van der Waals surface area contributed by atoms with E-state index in [-0.39, 0.29) is 23.3 Å². The largest absolute Gasteiger partial charge is 0.494 e. The highest BCUT2D eigenvalue weighted by atomic mass is 16.5. The zero-order valence-electron chi connectivity index (χ0n) is 17.0. The maximum atomic E-state index is 11.9. The van der Waals surface area contributed by atoms with Gasteiger partial charge in [0.25, 0.3) is 0 Å². The molecule has 0 fully saturated rings. The molecule has 1 aromatic rings. The Bertz CT molecular complexity index is 576. The number of hydrogen-bond donors (Lipinski definition) is 2. The molecule has 0 saturated carbocycles. The topological polar surface area (TPSA) is 67.4 Å². The summed E-state index contributed by atoms with van der Waals surface area (Å²) in [4.78, 5) is 23.8. The minimum Gasteiger partial charge on any atom is -0.494 e. The average molecular weight is 363 g/mol. The van der Waals surface area contributed by atoms with Gasteiger partial charge in [-0.3, -0.25) is 9.59 Å². The van der Waals surface area contributed by atoms with Gasteiger partial charge in [-0.1, -0.05) is 39.8 Å². The van der Waals surface area contributed by atoms with E-state index in [1.165, 1.54) is 5.56 Å². The molecule has 0 heterocycles. The van der Waals surface area contributed by atoms with E-state index in [4.69, 9.17) is 4.74 Å². The second-order valence-corrected chi connectivity index (χ2v) is 7.83. The second kappa shape index (κ2) is 10.2. The molecule has 1 rings (SSSR count). The van der Waals surface area contributed by atoms with E-state index in [1.54, 1.807) is 6.92 Å². The summed E-state index contributed by atoms with van der Waals surface area (Å²) in [6, 6.07) is 7.64. The van der Waals surface area contributed by atoms with Gasteiger partial charge in [0.05, 0.1) is 6.61 Å². The van der Waals surface area contributed by atoms with E-state index < -0.39 is 6.04 Å². The first-order valence-electron chi connectivity index (χ1n) is 9.46. The standard InChI is InChI=1S/C21H34N2O3/c1-7-15(2)22-20(25)16(3)23-19(24)9-8-14-26-18-12-10-17(11-13-18)21(4,5)6/h10-13,15-16H,7-9,14H2,1-6H3,(H,22,25)(H,23,24)/t15-,16-/m1/s1. The van der Waals surface area contributed by atoms with Crippen molar-refractivity contribution in [2.24, 2.45) is 0 Å². The van der Waals surface area contributed by atoms with E-state index in [0.717, 1.165) is 12.2 Å². The number of hydrogen-bond acceptors (Lipinski definition) is 3. The lowest BCUT2D eigenvalue weighted by atomic mass is 9.87. The highest BCUT2D eigenvalue weighted by Crippen LogP contribution is 2.24. The number of ether oxygens (including phenoxy) is 1. The van der Waals surface area contributed by atoms with E-state index in [2.05, 4.69) is 43.5 Å². The van der Waals surface area contributed by atoms with Gasteiger partial charge in [0.15, 0.2) is 0 Å². The van der Waals surface area contributed by atoms with E-state index in [0.29, 0.717) is 19.4 Å². The Balaban J connectivity index is 2.28. The number of rotatable bonds is 9. The summed E-state index contributed by atoms with van der Waals surface area (Å²) in [5, 5.41) is 5.59. The molecule has 0 aliphatic carbocycles. The summed E-state index contributed by atoms with van der Waals surface area (Å²) in [6.45, 7) is 12.6. The van der Waals surface area contributed by atoms with Crippen LogP contribution < -0.4 is 15.4 Å². The van der Waals surface area contributed by atoms with Gasteiger partial charge in [0.2, 0.25) is 11.8 Å². The molecule has 1 aromatic carbocycles. The third-order valence-corrected chi connectivity index (χ3v) is 4.31. The van der Waals surface area contributed by atoms with Crippen molar-refractivity contribution in [2.75, 3.05) is 6.61 Å². The van der Waals surface area contributed by atoms with Crippen LogP contribution in [-0.2, 0) is 15.0 Å². The molecule has 26 heavy (non-hydrogen) atoms. The fraction of sp³-hybridized carbons (Fsp3) is 0.619. The molecule has 2 amide bonds. The Morgan fingerprint density at radius 3 is 2.23 bits per heavy atom. The van der Waals surface area contributed by atoms with Crippen LogP contribution >= 0.6 is 0 Å². The summed E-state index contributed by atoms with van der Waals surface area (Å²) in [7, 11) is 0. The first-order valence-corrected chi connectivity index (χ1v) is 9.46. The molecule has 0 bridgehead atoms. The Kier molecular flexibility index (Phi) is 8.62. The van der Waals surface area contributed by atoms with Crippen molar-refractivity contribution in [1.82, 2.24) is 10.6 Å². The van der Waals surface area contributed by atoms with Gasteiger partial charge in [0.1, 0.15) is 11.8 Å². The minimum absolute atomic E-state index is 0.111. The van der Waals surface area contributed by atoms with Crippen molar-refractivity contribution in [1.29, 1.82) is 0 Å². The van der Waals surface area contributed by atoms with Gasteiger partial charge in [-0.25, -0.2) is 0 Å². The zero-order valence-corrected chi connectivity index (χ0v) is 17.0. The molecule has 0 saturated heterocycles. The van der Waals surface area contributed by atoms with E-state index >= 15 is 0 Å². The summed E-state index contributed by atoms with van der Waals surface area (Å²) in [5.41, 5.74) is 1.38. The molecular formula is C21H34N2O3. The number of benzene rings is 1. The maximum absolute atomic E-state index is 11.9. The van der Waals surface area contributed by atoms with Crippen LogP contribution in [0.15, 0.2) is 24.3 Å². The van der Waals surface area contributed by atoms with Gasteiger partial charge < -0.3 is 15.4 Å². The number of carbonyl (C=O) groups is 2. The molecule has 0 aromatic heterocycles. The van der Waals surface area contributed by atoms with Gasteiger partial charge in [-0.2, -0.15) is 0 Å². The lowest BCUT2D eigenvalue weighted by Gasteiger charge is -2.19. The molecule has 0 unspecified atom stereocenters. The molecule has 5 heteroatoms. The zero-order chi connectivity index (χ0) is 19.7. The van der Waals surface area contributed by atoms with Crippen LogP contribution in [0.5, 0.6) is 5.75 Å². The smallest absolute Gasteiger partial charge is 0.242 e. The molecule has 2 atom stereocenters. The molecule has 0 spiro atoms. The Morgan fingerprint density at radius 1 is 1.08 bits per heavy atom. The molecule has 5 nitrogen and oxygen atoms in total. The van der Waals surface area contributed by atoms with Crippen molar-refractivity contribution < 1.29 is 14.3 Å². The number of amides is 2. The third kappa shape index (κ3) is 7.89. The number of carbonyl (C=O) groups excluding carboxylic acids is 2. The quantitative estimate of drug-likeness (QED) is 0.660. The Morgan fingerprint density at radius 2 is 1.69 bits per heavy atom. The van der Waals surface area contributed by atoms with Crippen LogP contribution in [0.1, 0.15) is 66.4 Å². The highest BCUT2D eigenvalue weighted by Gasteiger charge is 2.16. The maximum Gasteiger partial charge on any atom is 0.242 e. The fourth-order valence-corrected chi connectivity index (χ4v) is 2.32. The van der Waals surface area contributed by atoms with E-state index in [1.807, 2.05) is 26.0 Å². The normalized spacial score (nSPS) is 13.6. The van der Waals surface area contributed by atoms with Crippen LogP contribution in [0.25, 0.3) is 0 Å². The lowest BCUT2D eigenvalue weighted by molar-refractivity contribution is -0.129. The van der Waals surface area contributed by atoms with E-state index in [9.17, 15) is 9.59 Å². The highest BCUT2D eigenvalue weighted by molar-refractivity contribution is 5.87. The number of nitrogens with one attached hydrogen (secondary N) is 2. The molecule has 0 radical (unpaired) electrons. The first-order chi connectivity index (χ1) is 12.1. The minimum atomic E-state index is -0.526. The van der Waals surface area contributed by atoms with Gasteiger partial charge in [-0.05, 0) is 49.8 Å². The van der Waals surface area contributed by atoms with Crippen LogP contribution in [-0.4, -0.2) is 30.5 Å². The molecule has 146 valence electrons. The Hall–Kier alpha value is -2.04. The summed E-state index contributed by atoms with van der Waals surface area (Å²) >= 11 is 0. The van der Waals surface area contributed by atoms with Crippen LogP contribution in [0.4, 0.5) is 0 Å². The molecule has 0 aliphatic rings. The van der Waals surface area contributed by atoms with Crippen molar-refractivity contribution in [3.05, 3.63) is 29.8 Å². The molecule has 2 N–H and O–H groups in total. The van der Waals surface area contributed by atoms with Crippen molar-refractivity contribution in [2.45, 2.75) is 78.3 Å². The van der Waals surface area contributed by atoms with Crippen LogP contribution in [0.3, 0.4) is 0 Å². The summed E-state index contributed by atoms with van der Waals surface area (Å²) in [5.74, 6) is 0.520. The summed E-state index contributed by atoms with van der Waals surface area (Å²) in [6.07, 6.45) is 1.80. The van der Waals surface area contributed by atoms with Gasteiger partial charge in [-0.15, -0.1) is 0 Å². The first kappa shape index (κ1) is 22.0. The van der Waals surface area contributed by atoms with Crippen LogP contribution in [0.2, 0.25) is 0 Å².